The first-order valence-electron chi connectivity index (χ1n) is 9.20. The standard InChI is InChI=1S/C23H19N3O3S/c1-26-20-8-4-2-6-16(20)14-23(26)30(28,29)21-9-5-3-7-19(21)18-12-13-25-15-17(18)10-11-22(24)27/h2-15H,1H3,(H2,24,27)/b11-10+. The normalized spacial score (nSPS) is 11.9. The maximum Gasteiger partial charge on any atom is 0.241 e. The predicted octanol–water partition coefficient (Wildman–Crippen LogP) is 3.57. The molecule has 0 saturated heterocycles. The molecule has 1 amide bonds. The monoisotopic (exact) mass is 417 g/mol. The fourth-order valence-corrected chi connectivity index (χ4v) is 5.21. The summed E-state index contributed by atoms with van der Waals surface area (Å²) in [6, 6.07) is 17.7. The number of primary amides is 1. The minimum Gasteiger partial charge on any atom is -0.366 e. The third-order valence-electron chi connectivity index (χ3n) is 4.93. The van der Waals surface area contributed by atoms with Crippen LogP contribution in [0.4, 0.5) is 0 Å². The molecule has 0 radical (unpaired) electrons. The zero-order valence-corrected chi connectivity index (χ0v) is 17.0. The first-order valence-corrected chi connectivity index (χ1v) is 10.7. The van der Waals surface area contributed by atoms with Crippen molar-refractivity contribution in [3.05, 3.63) is 84.7 Å². The molecule has 2 aromatic carbocycles. The van der Waals surface area contributed by atoms with Gasteiger partial charge in [-0.15, -0.1) is 0 Å². The van der Waals surface area contributed by atoms with Gasteiger partial charge in [-0.2, -0.15) is 0 Å². The molecule has 0 aliphatic carbocycles. The molecular formula is C23H19N3O3S. The number of nitrogens with two attached hydrogens (primary N) is 1. The number of benzene rings is 2. The molecular weight excluding hydrogens is 398 g/mol. The second-order valence-electron chi connectivity index (χ2n) is 6.80. The average Bonchev–Trinajstić information content (AvgIpc) is 3.10. The highest BCUT2D eigenvalue weighted by atomic mass is 32.2. The lowest BCUT2D eigenvalue weighted by Crippen LogP contribution is -2.09. The minimum absolute atomic E-state index is 0.177. The van der Waals surface area contributed by atoms with Crippen LogP contribution in [0, 0.1) is 0 Å². The summed E-state index contributed by atoms with van der Waals surface area (Å²) in [6.45, 7) is 0. The van der Waals surface area contributed by atoms with Crippen molar-refractivity contribution in [3.63, 3.8) is 0 Å². The maximum absolute atomic E-state index is 13.7. The Morgan fingerprint density at radius 2 is 1.77 bits per heavy atom. The Bertz CT molecular complexity index is 1400. The van der Waals surface area contributed by atoms with Crippen LogP contribution in [0.5, 0.6) is 0 Å². The summed E-state index contributed by atoms with van der Waals surface area (Å²) in [5.74, 6) is -0.596. The molecule has 0 unspecified atom stereocenters. The van der Waals surface area contributed by atoms with Gasteiger partial charge < -0.3 is 10.3 Å². The molecule has 0 atom stereocenters. The van der Waals surface area contributed by atoms with E-state index >= 15 is 0 Å². The molecule has 0 fully saturated rings. The van der Waals surface area contributed by atoms with Gasteiger partial charge in [0.15, 0.2) is 0 Å². The van der Waals surface area contributed by atoms with Crippen LogP contribution in [0.2, 0.25) is 0 Å². The molecule has 7 heteroatoms. The molecule has 0 spiro atoms. The van der Waals surface area contributed by atoms with Crippen molar-refractivity contribution in [1.29, 1.82) is 0 Å². The minimum atomic E-state index is -3.83. The Hall–Kier alpha value is -3.71. The number of carbonyl (C=O) groups excluding carboxylic acids is 1. The summed E-state index contributed by atoms with van der Waals surface area (Å²) < 4.78 is 29.0. The summed E-state index contributed by atoms with van der Waals surface area (Å²) in [5, 5.41) is 1.06. The summed E-state index contributed by atoms with van der Waals surface area (Å²) in [6.07, 6.45) is 5.90. The molecule has 30 heavy (non-hydrogen) atoms. The summed E-state index contributed by atoms with van der Waals surface area (Å²) in [4.78, 5) is 15.4. The number of aryl methyl sites for hydroxylation is 1. The maximum atomic E-state index is 13.7. The van der Waals surface area contributed by atoms with Crippen LogP contribution in [0.15, 0.2) is 89.1 Å². The van der Waals surface area contributed by atoms with Gasteiger partial charge in [0.05, 0.1) is 4.90 Å². The lowest BCUT2D eigenvalue weighted by atomic mass is 10.0. The smallest absolute Gasteiger partial charge is 0.241 e. The van der Waals surface area contributed by atoms with Crippen LogP contribution in [0.3, 0.4) is 0 Å². The zero-order chi connectivity index (χ0) is 21.3. The highest BCUT2D eigenvalue weighted by Gasteiger charge is 2.26. The van der Waals surface area contributed by atoms with Gasteiger partial charge in [-0.25, -0.2) is 8.42 Å². The molecule has 0 aliphatic heterocycles. The van der Waals surface area contributed by atoms with Gasteiger partial charge in [0, 0.05) is 47.5 Å². The van der Waals surface area contributed by atoms with Crippen molar-refractivity contribution in [2.45, 2.75) is 9.92 Å². The van der Waals surface area contributed by atoms with E-state index in [4.69, 9.17) is 5.73 Å². The third kappa shape index (κ3) is 3.40. The number of pyridine rings is 1. The highest BCUT2D eigenvalue weighted by Crippen LogP contribution is 2.35. The van der Waals surface area contributed by atoms with Crippen LogP contribution in [0.1, 0.15) is 5.56 Å². The molecule has 6 nitrogen and oxygen atoms in total. The SMILES string of the molecule is Cn1c(S(=O)(=O)c2ccccc2-c2ccncc2/C=C/C(N)=O)cc2ccccc21. The lowest BCUT2D eigenvalue weighted by molar-refractivity contribution is -0.113. The van der Waals surface area contributed by atoms with Gasteiger partial charge in [0.25, 0.3) is 0 Å². The highest BCUT2D eigenvalue weighted by molar-refractivity contribution is 7.91. The fourth-order valence-electron chi connectivity index (χ4n) is 3.51. The molecule has 0 saturated carbocycles. The van der Waals surface area contributed by atoms with Gasteiger partial charge >= 0.3 is 0 Å². The van der Waals surface area contributed by atoms with Crippen LogP contribution in [0.25, 0.3) is 28.1 Å². The number of hydrogen-bond donors (Lipinski definition) is 1. The number of fused-ring (bicyclic) bond motifs is 1. The van der Waals surface area contributed by atoms with E-state index < -0.39 is 15.7 Å². The van der Waals surface area contributed by atoms with Crippen molar-refractivity contribution in [1.82, 2.24) is 9.55 Å². The first kappa shape index (κ1) is 19.6. The van der Waals surface area contributed by atoms with E-state index in [1.165, 1.54) is 12.2 Å². The zero-order valence-electron chi connectivity index (χ0n) is 16.2. The third-order valence-corrected chi connectivity index (χ3v) is 6.81. The second-order valence-corrected chi connectivity index (χ2v) is 8.66. The summed E-state index contributed by atoms with van der Waals surface area (Å²) in [5.41, 5.74) is 7.80. The Balaban J connectivity index is 1.93. The van der Waals surface area contributed by atoms with Crippen molar-refractivity contribution >= 4 is 32.7 Å². The van der Waals surface area contributed by atoms with Crippen LogP contribution < -0.4 is 5.73 Å². The van der Waals surface area contributed by atoms with Gasteiger partial charge in [-0.05, 0) is 35.9 Å². The van der Waals surface area contributed by atoms with E-state index in [0.717, 1.165) is 10.9 Å². The predicted molar refractivity (Wildman–Crippen MR) is 116 cm³/mol. The van der Waals surface area contributed by atoms with Gasteiger partial charge in [0.2, 0.25) is 15.7 Å². The number of sulfone groups is 1. The van der Waals surface area contributed by atoms with Crippen LogP contribution >= 0.6 is 0 Å². The average molecular weight is 417 g/mol. The summed E-state index contributed by atoms with van der Waals surface area (Å²) in [7, 11) is -2.09. The van der Waals surface area contributed by atoms with E-state index in [1.807, 2.05) is 24.3 Å². The molecule has 150 valence electrons. The van der Waals surface area contributed by atoms with Gasteiger partial charge in [0.1, 0.15) is 5.03 Å². The largest absolute Gasteiger partial charge is 0.366 e. The molecule has 2 aromatic heterocycles. The molecule has 0 aliphatic rings. The number of rotatable bonds is 5. The first-order chi connectivity index (χ1) is 14.4. The summed E-state index contributed by atoms with van der Waals surface area (Å²) >= 11 is 0. The van der Waals surface area contributed by atoms with Crippen molar-refractivity contribution in [2.24, 2.45) is 12.8 Å². The molecule has 0 bridgehead atoms. The molecule has 4 rings (SSSR count). The number of nitrogens with zero attached hydrogens (tertiary/aromatic N) is 2. The quantitative estimate of drug-likeness (QED) is 0.502. The van der Waals surface area contributed by atoms with Crippen molar-refractivity contribution in [3.8, 4) is 11.1 Å². The van der Waals surface area contributed by atoms with Gasteiger partial charge in [-0.1, -0.05) is 36.4 Å². The number of hydrogen-bond acceptors (Lipinski definition) is 4. The second kappa shape index (κ2) is 7.61. The number of aromatic nitrogens is 2. The van der Waals surface area contributed by atoms with E-state index in [-0.39, 0.29) is 9.92 Å². The molecule has 4 aromatic rings. The van der Waals surface area contributed by atoms with Crippen molar-refractivity contribution in [2.75, 3.05) is 0 Å². The topological polar surface area (TPSA) is 95.1 Å². The van der Waals surface area contributed by atoms with Crippen LogP contribution in [-0.4, -0.2) is 23.9 Å². The Morgan fingerprint density at radius 1 is 1.03 bits per heavy atom. The Kier molecular flexibility index (Phi) is 4.97. The lowest BCUT2D eigenvalue weighted by Gasteiger charge is -2.13. The van der Waals surface area contributed by atoms with E-state index in [0.29, 0.717) is 16.7 Å². The molecule has 2 heterocycles. The Morgan fingerprint density at radius 3 is 2.53 bits per heavy atom. The van der Waals surface area contributed by atoms with E-state index in [1.54, 1.807) is 60.4 Å². The Labute approximate surface area is 174 Å². The van der Waals surface area contributed by atoms with Crippen molar-refractivity contribution < 1.29 is 13.2 Å². The van der Waals surface area contributed by atoms with Crippen LogP contribution in [-0.2, 0) is 21.7 Å². The number of amides is 1. The number of para-hydroxylation sites is 1. The van der Waals surface area contributed by atoms with E-state index in [2.05, 4.69) is 4.98 Å². The fraction of sp³-hybridized carbons (Fsp3) is 0.0435. The van der Waals surface area contributed by atoms with Gasteiger partial charge in [-0.3, -0.25) is 9.78 Å². The number of carbonyl (C=O) groups is 1. The molecule has 2 N–H and O–H groups in total. The van der Waals surface area contributed by atoms with E-state index in [9.17, 15) is 13.2 Å².